The van der Waals surface area contributed by atoms with Crippen molar-refractivity contribution in [2.24, 2.45) is 0 Å². The number of hydrogen-bond acceptors (Lipinski definition) is 3. The van der Waals surface area contributed by atoms with Gasteiger partial charge < -0.3 is 4.74 Å². The van der Waals surface area contributed by atoms with Gasteiger partial charge in [0.05, 0.1) is 16.6 Å². The minimum Gasteiger partial charge on any atom is -0.406 e. The van der Waals surface area contributed by atoms with Crippen LogP contribution in [0.15, 0.2) is 24.3 Å². The van der Waals surface area contributed by atoms with Crippen LogP contribution in [0.1, 0.15) is 12.5 Å². The maximum atomic E-state index is 11.9. The van der Waals surface area contributed by atoms with Gasteiger partial charge in [-0.15, -0.1) is 13.2 Å². The Morgan fingerprint density at radius 1 is 1.41 bits per heavy atom. The topological polar surface area (TPSA) is 52.4 Å². The molecule has 0 radical (unpaired) electrons. The lowest BCUT2D eigenvalue weighted by Gasteiger charge is -2.08. The molecule has 1 aromatic carbocycles. The molecule has 0 atom stereocenters. The van der Waals surface area contributed by atoms with Gasteiger partial charge in [-0.05, 0) is 19.1 Å². The summed E-state index contributed by atoms with van der Waals surface area (Å²) in [6, 6.07) is 2.96. The van der Waals surface area contributed by atoms with Gasteiger partial charge in [0.25, 0.3) is 5.69 Å². The quantitative estimate of drug-likeness (QED) is 0.606. The molecular formula is C10H8F3NO3. The maximum Gasteiger partial charge on any atom is 0.573 e. The number of halogens is 3. The number of nitro benzene ring substituents is 1. The average molecular weight is 247 g/mol. The van der Waals surface area contributed by atoms with Gasteiger partial charge in [0.2, 0.25) is 0 Å². The fourth-order valence-corrected chi connectivity index (χ4v) is 1.20. The van der Waals surface area contributed by atoms with E-state index in [1.807, 2.05) is 0 Å². The molecule has 0 aliphatic rings. The lowest BCUT2D eigenvalue weighted by molar-refractivity contribution is -0.385. The highest BCUT2D eigenvalue weighted by molar-refractivity contribution is 5.62. The highest BCUT2D eigenvalue weighted by Gasteiger charge is 2.31. The van der Waals surface area contributed by atoms with Crippen molar-refractivity contribution in [3.63, 3.8) is 0 Å². The lowest BCUT2D eigenvalue weighted by atomic mass is 10.1. The fourth-order valence-electron chi connectivity index (χ4n) is 1.20. The van der Waals surface area contributed by atoms with Crippen LogP contribution >= 0.6 is 0 Å². The molecule has 0 spiro atoms. The van der Waals surface area contributed by atoms with E-state index in [1.165, 1.54) is 12.1 Å². The number of rotatable bonds is 3. The van der Waals surface area contributed by atoms with Crippen LogP contribution in [0.2, 0.25) is 0 Å². The van der Waals surface area contributed by atoms with Crippen molar-refractivity contribution in [3.05, 3.63) is 40.0 Å². The molecule has 1 aromatic rings. The van der Waals surface area contributed by atoms with Gasteiger partial charge in [0.1, 0.15) is 5.75 Å². The van der Waals surface area contributed by atoms with E-state index in [0.29, 0.717) is 0 Å². The van der Waals surface area contributed by atoms with Crippen molar-refractivity contribution in [1.29, 1.82) is 0 Å². The van der Waals surface area contributed by atoms with Crippen molar-refractivity contribution in [3.8, 4) is 5.75 Å². The van der Waals surface area contributed by atoms with Crippen LogP contribution in [0.25, 0.3) is 6.08 Å². The van der Waals surface area contributed by atoms with Crippen LogP contribution in [-0.4, -0.2) is 11.3 Å². The first kappa shape index (κ1) is 13.0. The summed E-state index contributed by atoms with van der Waals surface area (Å²) in [6.07, 6.45) is -1.89. The van der Waals surface area contributed by atoms with Crippen LogP contribution < -0.4 is 4.74 Å². The molecule has 0 aliphatic carbocycles. The van der Waals surface area contributed by atoms with Gasteiger partial charge in [-0.3, -0.25) is 10.1 Å². The molecule has 0 fully saturated rings. The summed E-state index contributed by atoms with van der Waals surface area (Å²) in [4.78, 5) is 9.88. The fraction of sp³-hybridized carbons (Fsp3) is 0.200. The predicted octanol–water partition coefficient (Wildman–Crippen LogP) is 3.53. The lowest BCUT2D eigenvalue weighted by Crippen LogP contribution is -2.17. The zero-order chi connectivity index (χ0) is 13.1. The number of ether oxygens (including phenoxy) is 1. The molecule has 17 heavy (non-hydrogen) atoms. The highest BCUT2D eigenvalue weighted by Crippen LogP contribution is 2.29. The third-order valence-corrected chi connectivity index (χ3v) is 1.78. The predicted molar refractivity (Wildman–Crippen MR) is 54.5 cm³/mol. The maximum absolute atomic E-state index is 11.9. The summed E-state index contributed by atoms with van der Waals surface area (Å²) in [5, 5.41) is 10.6. The summed E-state index contributed by atoms with van der Waals surface area (Å²) in [5.74, 6) is -0.613. The third-order valence-electron chi connectivity index (χ3n) is 1.78. The van der Waals surface area contributed by atoms with Gasteiger partial charge in [-0.1, -0.05) is 12.2 Å². The van der Waals surface area contributed by atoms with E-state index in [1.54, 1.807) is 13.0 Å². The number of allylic oxidation sites excluding steroid dienone is 1. The normalized spacial score (nSPS) is 11.8. The summed E-state index contributed by atoms with van der Waals surface area (Å²) >= 11 is 0. The monoisotopic (exact) mass is 247 g/mol. The number of nitrogens with zero attached hydrogens (tertiary/aromatic N) is 1. The van der Waals surface area contributed by atoms with Crippen LogP contribution in [0.3, 0.4) is 0 Å². The second kappa shape index (κ2) is 4.86. The van der Waals surface area contributed by atoms with Crippen LogP contribution in [0, 0.1) is 10.1 Å². The smallest absolute Gasteiger partial charge is 0.406 e. The number of hydrogen-bond donors (Lipinski definition) is 0. The van der Waals surface area contributed by atoms with Crippen molar-refractivity contribution in [2.75, 3.05) is 0 Å². The number of alkyl halides is 3. The third kappa shape index (κ3) is 3.78. The van der Waals surface area contributed by atoms with Gasteiger partial charge in [0.15, 0.2) is 0 Å². The SMILES string of the molecule is C/C=C/c1ccc(OC(F)(F)F)cc1[N+](=O)[O-]. The van der Waals surface area contributed by atoms with Gasteiger partial charge in [-0.2, -0.15) is 0 Å². The van der Waals surface area contributed by atoms with E-state index in [4.69, 9.17) is 0 Å². The first-order chi connectivity index (χ1) is 7.83. The molecule has 0 saturated heterocycles. The van der Waals surface area contributed by atoms with E-state index in [-0.39, 0.29) is 5.56 Å². The molecule has 7 heteroatoms. The molecule has 1 rings (SSSR count). The summed E-state index contributed by atoms with van der Waals surface area (Å²) in [5.41, 5.74) is -0.225. The summed E-state index contributed by atoms with van der Waals surface area (Å²) < 4.78 is 39.3. The Morgan fingerprint density at radius 3 is 2.53 bits per heavy atom. The molecule has 4 nitrogen and oxygen atoms in total. The molecule has 0 aromatic heterocycles. The van der Waals surface area contributed by atoms with E-state index in [2.05, 4.69) is 4.74 Å². The molecule has 0 bridgehead atoms. The Balaban J connectivity index is 3.14. The zero-order valence-electron chi connectivity index (χ0n) is 8.69. The van der Waals surface area contributed by atoms with Crippen LogP contribution in [-0.2, 0) is 0 Å². The van der Waals surface area contributed by atoms with E-state index in [0.717, 1.165) is 12.1 Å². The van der Waals surface area contributed by atoms with Crippen molar-refractivity contribution < 1.29 is 22.8 Å². The number of nitro groups is 1. The van der Waals surface area contributed by atoms with Crippen molar-refractivity contribution in [1.82, 2.24) is 0 Å². The Labute approximate surface area is 94.5 Å². The Hall–Kier alpha value is -2.05. The molecule has 0 aliphatic heterocycles. The molecule has 0 saturated carbocycles. The summed E-state index contributed by atoms with van der Waals surface area (Å²) in [7, 11) is 0. The van der Waals surface area contributed by atoms with Gasteiger partial charge in [-0.25, -0.2) is 0 Å². The van der Waals surface area contributed by atoms with E-state index >= 15 is 0 Å². The number of benzene rings is 1. The zero-order valence-corrected chi connectivity index (χ0v) is 8.69. The largest absolute Gasteiger partial charge is 0.573 e. The Kier molecular flexibility index (Phi) is 3.72. The van der Waals surface area contributed by atoms with Crippen molar-refractivity contribution in [2.45, 2.75) is 13.3 Å². The molecule has 92 valence electrons. The molecule has 0 heterocycles. The van der Waals surface area contributed by atoms with Crippen LogP contribution in [0.4, 0.5) is 18.9 Å². The van der Waals surface area contributed by atoms with E-state index in [9.17, 15) is 23.3 Å². The molecule has 0 unspecified atom stereocenters. The Morgan fingerprint density at radius 2 is 2.06 bits per heavy atom. The minimum atomic E-state index is -4.87. The average Bonchev–Trinajstić information content (AvgIpc) is 2.18. The molecular weight excluding hydrogens is 239 g/mol. The minimum absolute atomic E-state index is 0.215. The second-order valence-electron chi connectivity index (χ2n) is 3.03. The van der Waals surface area contributed by atoms with Gasteiger partial charge in [0, 0.05) is 0 Å². The highest BCUT2D eigenvalue weighted by atomic mass is 19.4. The standard InChI is InChI=1S/C10H8F3NO3/c1-2-3-7-4-5-8(17-10(11,12)13)6-9(7)14(15)16/h2-6H,1H3/b3-2+. The molecule has 0 amide bonds. The summed E-state index contributed by atoms with van der Waals surface area (Å²) in [6.45, 7) is 1.64. The van der Waals surface area contributed by atoms with Gasteiger partial charge >= 0.3 is 6.36 Å². The first-order valence-electron chi connectivity index (χ1n) is 4.50. The second-order valence-corrected chi connectivity index (χ2v) is 3.03. The van der Waals surface area contributed by atoms with Crippen LogP contribution in [0.5, 0.6) is 5.75 Å². The molecule has 0 N–H and O–H groups in total. The van der Waals surface area contributed by atoms with E-state index < -0.39 is 22.7 Å². The first-order valence-corrected chi connectivity index (χ1v) is 4.50. The van der Waals surface area contributed by atoms with Crippen molar-refractivity contribution >= 4 is 11.8 Å². The Bertz CT molecular complexity index is 455.